The van der Waals surface area contributed by atoms with Crippen molar-refractivity contribution in [3.63, 3.8) is 0 Å². The van der Waals surface area contributed by atoms with Gasteiger partial charge in [0.2, 0.25) is 0 Å². The van der Waals surface area contributed by atoms with Crippen molar-refractivity contribution in [2.75, 3.05) is 6.61 Å². The zero-order chi connectivity index (χ0) is 13.0. The van der Waals surface area contributed by atoms with E-state index in [1.165, 1.54) is 16.7 Å². The molecule has 1 aromatic carbocycles. The summed E-state index contributed by atoms with van der Waals surface area (Å²) >= 11 is 6.43. The van der Waals surface area contributed by atoms with Crippen molar-refractivity contribution in [1.82, 2.24) is 0 Å². The fourth-order valence-corrected chi connectivity index (χ4v) is 2.53. The minimum atomic E-state index is 0.429. The van der Waals surface area contributed by atoms with Crippen LogP contribution in [0.25, 0.3) is 0 Å². The Labute approximate surface area is 110 Å². The zero-order valence-electron chi connectivity index (χ0n) is 11.6. The molecule has 96 valence electrons. The van der Waals surface area contributed by atoms with Crippen molar-refractivity contribution >= 4 is 11.6 Å². The predicted octanol–water partition coefficient (Wildman–Crippen LogP) is 5.12. The van der Waals surface area contributed by atoms with E-state index in [1.54, 1.807) is 0 Å². The first kappa shape index (κ1) is 14.4. The number of rotatable bonds is 5. The number of halogens is 1. The van der Waals surface area contributed by atoms with Gasteiger partial charge in [-0.3, -0.25) is 0 Å². The molecule has 2 heteroatoms. The minimum absolute atomic E-state index is 0.429. The predicted molar refractivity (Wildman–Crippen MR) is 75.4 cm³/mol. The maximum Gasteiger partial charge on any atom is 0.141 e. The normalized spacial score (nSPS) is 11.0. The number of ether oxygens (including phenoxy) is 1. The molecule has 0 unspecified atom stereocenters. The van der Waals surface area contributed by atoms with E-state index in [2.05, 4.69) is 33.8 Å². The van der Waals surface area contributed by atoms with Crippen LogP contribution >= 0.6 is 11.6 Å². The second kappa shape index (κ2) is 6.30. The maximum absolute atomic E-state index is 6.43. The summed E-state index contributed by atoms with van der Waals surface area (Å²) in [5, 5.41) is 0.791. The third kappa shape index (κ3) is 3.16. The first-order valence-electron chi connectivity index (χ1n) is 6.47. The Morgan fingerprint density at radius 3 is 2.41 bits per heavy atom. The summed E-state index contributed by atoms with van der Waals surface area (Å²) < 4.78 is 5.71. The molecule has 0 amide bonds. The minimum Gasteiger partial charge on any atom is -0.492 e. The summed E-state index contributed by atoms with van der Waals surface area (Å²) in [6, 6.07) is 2.24. The maximum atomic E-state index is 6.43. The van der Waals surface area contributed by atoms with Crippen LogP contribution in [0, 0.1) is 6.92 Å². The van der Waals surface area contributed by atoms with Gasteiger partial charge in [-0.15, -0.1) is 0 Å². The van der Waals surface area contributed by atoms with Crippen molar-refractivity contribution in [2.24, 2.45) is 0 Å². The van der Waals surface area contributed by atoms with E-state index in [0.717, 1.165) is 23.6 Å². The molecular weight excluding hydrogens is 232 g/mol. The molecule has 0 radical (unpaired) electrons. The van der Waals surface area contributed by atoms with Crippen LogP contribution in [0.3, 0.4) is 0 Å². The molecule has 1 nitrogen and oxygen atoms in total. The Bertz CT molecular complexity index is 383. The fraction of sp³-hybridized carbons (Fsp3) is 0.600. The Kier molecular flexibility index (Phi) is 5.32. The van der Waals surface area contributed by atoms with E-state index in [1.807, 2.05) is 6.92 Å². The highest BCUT2D eigenvalue weighted by atomic mass is 35.5. The van der Waals surface area contributed by atoms with E-state index in [9.17, 15) is 0 Å². The second-order valence-electron chi connectivity index (χ2n) is 4.73. The number of hydrogen-bond donors (Lipinski definition) is 0. The van der Waals surface area contributed by atoms with Crippen LogP contribution in [0.1, 0.15) is 56.7 Å². The highest BCUT2D eigenvalue weighted by molar-refractivity contribution is 6.33. The van der Waals surface area contributed by atoms with Crippen LogP contribution in [0.15, 0.2) is 6.07 Å². The van der Waals surface area contributed by atoms with Gasteiger partial charge in [-0.25, -0.2) is 0 Å². The number of aryl methyl sites for hydroxylation is 1. The van der Waals surface area contributed by atoms with Crippen LogP contribution in [-0.4, -0.2) is 6.61 Å². The smallest absolute Gasteiger partial charge is 0.141 e. The van der Waals surface area contributed by atoms with Gasteiger partial charge in [0.05, 0.1) is 11.6 Å². The van der Waals surface area contributed by atoms with Gasteiger partial charge in [-0.05, 0) is 42.9 Å². The molecule has 0 saturated carbocycles. The lowest BCUT2D eigenvalue weighted by Crippen LogP contribution is -2.02. The summed E-state index contributed by atoms with van der Waals surface area (Å²) in [5.41, 5.74) is 3.76. The van der Waals surface area contributed by atoms with Crippen molar-refractivity contribution < 1.29 is 4.74 Å². The zero-order valence-corrected chi connectivity index (χ0v) is 12.3. The quantitative estimate of drug-likeness (QED) is 0.708. The summed E-state index contributed by atoms with van der Waals surface area (Å²) in [6.45, 7) is 11.3. The Balaban J connectivity index is 3.34. The van der Waals surface area contributed by atoms with Gasteiger partial charge in [0, 0.05) is 0 Å². The molecule has 0 aliphatic rings. The Hall–Kier alpha value is -0.690. The molecule has 0 saturated heterocycles. The van der Waals surface area contributed by atoms with E-state index in [-0.39, 0.29) is 0 Å². The highest BCUT2D eigenvalue weighted by Gasteiger charge is 2.16. The van der Waals surface area contributed by atoms with Crippen molar-refractivity contribution in [1.29, 1.82) is 0 Å². The van der Waals surface area contributed by atoms with Crippen LogP contribution < -0.4 is 4.74 Å². The molecule has 0 atom stereocenters. The fourth-order valence-electron chi connectivity index (χ4n) is 2.07. The summed E-state index contributed by atoms with van der Waals surface area (Å²) in [7, 11) is 0. The number of hydrogen-bond acceptors (Lipinski definition) is 1. The van der Waals surface area contributed by atoms with Crippen molar-refractivity contribution in [3.8, 4) is 5.75 Å². The van der Waals surface area contributed by atoms with Gasteiger partial charge in [-0.1, -0.05) is 44.9 Å². The first-order valence-corrected chi connectivity index (χ1v) is 6.85. The van der Waals surface area contributed by atoms with Gasteiger partial charge >= 0.3 is 0 Å². The molecule has 0 N–H and O–H groups in total. The summed E-state index contributed by atoms with van der Waals surface area (Å²) in [4.78, 5) is 0. The Morgan fingerprint density at radius 2 is 1.94 bits per heavy atom. The van der Waals surface area contributed by atoms with Gasteiger partial charge in [0.1, 0.15) is 5.75 Å². The van der Waals surface area contributed by atoms with Gasteiger partial charge in [0.15, 0.2) is 0 Å². The molecule has 17 heavy (non-hydrogen) atoms. The molecule has 1 rings (SSSR count). The molecule has 0 spiro atoms. The van der Waals surface area contributed by atoms with Crippen molar-refractivity contribution in [3.05, 3.63) is 27.8 Å². The van der Waals surface area contributed by atoms with Gasteiger partial charge < -0.3 is 4.74 Å². The van der Waals surface area contributed by atoms with Crippen molar-refractivity contribution in [2.45, 2.75) is 53.4 Å². The summed E-state index contributed by atoms with van der Waals surface area (Å²) in [6.07, 6.45) is 2.23. The van der Waals surface area contributed by atoms with E-state index in [0.29, 0.717) is 12.5 Å². The Morgan fingerprint density at radius 1 is 1.29 bits per heavy atom. The highest BCUT2D eigenvalue weighted by Crippen LogP contribution is 2.38. The first-order chi connectivity index (χ1) is 8.02. The average molecular weight is 255 g/mol. The van der Waals surface area contributed by atoms with E-state index in [4.69, 9.17) is 16.3 Å². The molecule has 0 heterocycles. The van der Waals surface area contributed by atoms with Crippen LogP contribution in [0.5, 0.6) is 5.75 Å². The van der Waals surface area contributed by atoms with E-state index >= 15 is 0 Å². The third-order valence-electron chi connectivity index (χ3n) is 3.03. The lowest BCUT2D eigenvalue weighted by Gasteiger charge is -2.18. The third-order valence-corrected chi connectivity index (χ3v) is 3.42. The molecule has 0 aliphatic heterocycles. The molecule has 1 aromatic rings. The molecule has 0 aliphatic carbocycles. The monoisotopic (exact) mass is 254 g/mol. The van der Waals surface area contributed by atoms with Crippen LogP contribution in [-0.2, 0) is 6.42 Å². The second-order valence-corrected chi connectivity index (χ2v) is 5.11. The average Bonchev–Trinajstić information content (AvgIpc) is 2.27. The number of benzene rings is 1. The molecule has 0 aromatic heterocycles. The standard InChI is InChI=1S/C15H23ClO/c1-6-8-12-9-13(10(3)4)14(16)15(11(12)5)17-7-2/h9-10H,6-8H2,1-5H3. The SMILES string of the molecule is CCCc1cc(C(C)C)c(Cl)c(OCC)c1C. The van der Waals surface area contributed by atoms with E-state index < -0.39 is 0 Å². The lowest BCUT2D eigenvalue weighted by molar-refractivity contribution is 0.337. The molecule has 0 fully saturated rings. The summed E-state index contributed by atoms with van der Waals surface area (Å²) in [5.74, 6) is 1.31. The molecular formula is C15H23ClO. The van der Waals surface area contributed by atoms with Crippen LogP contribution in [0.4, 0.5) is 0 Å². The van der Waals surface area contributed by atoms with Crippen LogP contribution in [0.2, 0.25) is 5.02 Å². The largest absolute Gasteiger partial charge is 0.492 e. The van der Waals surface area contributed by atoms with Gasteiger partial charge in [-0.2, -0.15) is 0 Å². The van der Waals surface area contributed by atoms with Gasteiger partial charge in [0.25, 0.3) is 0 Å². The molecule has 0 bridgehead atoms. The lowest BCUT2D eigenvalue weighted by atomic mass is 9.94. The topological polar surface area (TPSA) is 9.23 Å².